The third kappa shape index (κ3) is 8.74. The first-order valence-corrected chi connectivity index (χ1v) is 8.44. The second kappa shape index (κ2) is 12.6. The number of benzene rings is 1. The number of rotatable bonds is 11. The molecule has 136 valence electrons. The van der Waals surface area contributed by atoms with Crippen molar-refractivity contribution in [3.63, 3.8) is 0 Å². The number of guanidine groups is 1. The maximum Gasteiger partial charge on any atom is 0.191 e. The molecular formula is C18H32N4O2. The predicted molar refractivity (Wildman–Crippen MR) is 100 cm³/mol. The average molecular weight is 336 g/mol. The molecule has 0 aliphatic rings. The lowest BCUT2D eigenvalue weighted by molar-refractivity contribution is 0.180. The van der Waals surface area contributed by atoms with Gasteiger partial charge in [0, 0.05) is 46.9 Å². The van der Waals surface area contributed by atoms with Gasteiger partial charge < -0.3 is 25.0 Å². The Bertz CT molecular complexity index is 480. The monoisotopic (exact) mass is 336 g/mol. The Morgan fingerprint density at radius 3 is 2.67 bits per heavy atom. The van der Waals surface area contributed by atoms with Crippen LogP contribution in [0.25, 0.3) is 0 Å². The second-order valence-electron chi connectivity index (χ2n) is 5.68. The maximum absolute atomic E-state index is 5.25. The highest BCUT2D eigenvalue weighted by molar-refractivity contribution is 5.79. The highest BCUT2D eigenvalue weighted by Gasteiger charge is 2.01. The van der Waals surface area contributed by atoms with E-state index in [0.29, 0.717) is 0 Å². The van der Waals surface area contributed by atoms with E-state index in [4.69, 9.17) is 9.47 Å². The lowest BCUT2D eigenvalue weighted by atomic mass is 10.1. The zero-order chi connectivity index (χ0) is 17.6. The minimum atomic E-state index is 0.811. The van der Waals surface area contributed by atoms with E-state index in [1.165, 1.54) is 5.56 Å². The molecule has 0 bridgehead atoms. The summed E-state index contributed by atoms with van der Waals surface area (Å²) in [6, 6.07) is 8.14. The van der Waals surface area contributed by atoms with Gasteiger partial charge in [0.05, 0.1) is 7.11 Å². The summed E-state index contributed by atoms with van der Waals surface area (Å²) >= 11 is 0. The minimum absolute atomic E-state index is 0.811. The van der Waals surface area contributed by atoms with Crippen LogP contribution >= 0.6 is 0 Å². The van der Waals surface area contributed by atoms with Gasteiger partial charge in [-0.05, 0) is 37.6 Å². The fourth-order valence-electron chi connectivity index (χ4n) is 2.33. The molecule has 0 unspecified atom stereocenters. The van der Waals surface area contributed by atoms with E-state index >= 15 is 0 Å². The van der Waals surface area contributed by atoms with Crippen LogP contribution in [0.1, 0.15) is 12.0 Å². The van der Waals surface area contributed by atoms with Crippen LogP contribution < -0.4 is 15.4 Å². The molecule has 0 radical (unpaired) electrons. The molecule has 0 spiro atoms. The summed E-state index contributed by atoms with van der Waals surface area (Å²) in [6.45, 7) is 4.52. The molecule has 6 nitrogen and oxygen atoms in total. The zero-order valence-corrected chi connectivity index (χ0v) is 15.5. The van der Waals surface area contributed by atoms with E-state index in [9.17, 15) is 0 Å². The predicted octanol–water partition coefficient (Wildman–Crippen LogP) is 1.37. The van der Waals surface area contributed by atoms with Crippen LogP contribution in [0.15, 0.2) is 29.3 Å². The highest BCUT2D eigenvalue weighted by atomic mass is 16.5. The number of nitrogens with zero attached hydrogens (tertiary/aromatic N) is 2. The fraction of sp³-hybridized carbons (Fsp3) is 0.611. The molecule has 1 rings (SSSR count). The highest BCUT2D eigenvalue weighted by Crippen LogP contribution is 2.12. The lowest BCUT2D eigenvalue weighted by Gasteiger charge is -2.18. The van der Waals surface area contributed by atoms with Gasteiger partial charge in [-0.3, -0.25) is 4.99 Å². The van der Waals surface area contributed by atoms with Gasteiger partial charge >= 0.3 is 0 Å². The van der Waals surface area contributed by atoms with Crippen molar-refractivity contribution in [3.05, 3.63) is 29.8 Å². The van der Waals surface area contributed by atoms with Crippen LogP contribution in [0.4, 0.5) is 0 Å². The van der Waals surface area contributed by atoms with Gasteiger partial charge in [0.1, 0.15) is 5.75 Å². The number of hydrogen-bond acceptors (Lipinski definition) is 4. The van der Waals surface area contributed by atoms with Crippen LogP contribution in [0.3, 0.4) is 0 Å². The number of nitrogens with one attached hydrogen (secondary N) is 2. The summed E-state index contributed by atoms with van der Waals surface area (Å²) in [6.07, 6.45) is 1.98. The van der Waals surface area contributed by atoms with Gasteiger partial charge in [-0.25, -0.2) is 0 Å². The van der Waals surface area contributed by atoms with Gasteiger partial charge in [-0.15, -0.1) is 0 Å². The van der Waals surface area contributed by atoms with E-state index in [-0.39, 0.29) is 0 Å². The summed E-state index contributed by atoms with van der Waals surface area (Å²) in [4.78, 5) is 6.54. The van der Waals surface area contributed by atoms with Crippen molar-refractivity contribution in [2.24, 2.45) is 4.99 Å². The van der Waals surface area contributed by atoms with E-state index in [1.54, 1.807) is 21.3 Å². The third-order valence-electron chi connectivity index (χ3n) is 3.74. The molecular weight excluding hydrogens is 304 g/mol. The van der Waals surface area contributed by atoms with Gasteiger partial charge in [0.2, 0.25) is 0 Å². The topological polar surface area (TPSA) is 58.1 Å². The molecule has 0 saturated carbocycles. The first kappa shape index (κ1) is 20.3. The summed E-state index contributed by atoms with van der Waals surface area (Å²) in [5.74, 6) is 1.73. The molecule has 2 N–H and O–H groups in total. The number of hydrogen-bond donors (Lipinski definition) is 2. The molecule has 6 heteroatoms. The van der Waals surface area contributed by atoms with Crippen molar-refractivity contribution in [3.8, 4) is 5.75 Å². The number of aliphatic imine (C=N–C) groups is 1. The lowest BCUT2D eigenvalue weighted by Crippen LogP contribution is -2.41. The second-order valence-corrected chi connectivity index (χ2v) is 5.68. The number of likely N-dealkylation sites (N-methyl/N-ethyl adjacent to an activating group) is 1. The maximum atomic E-state index is 5.25. The van der Waals surface area contributed by atoms with Crippen molar-refractivity contribution in [1.82, 2.24) is 15.5 Å². The number of ether oxygens (including phenoxy) is 2. The van der Waals surface area contributed by atoms with E-state index < -0.39 is 0 Å². The largest absolute Gasteiger partial charge is 0.497 e. The Morgan fingerprint density at radius 1 is 1.17 bits per heavy atom. The Kier molecular flexibility index (Phi) is 10.6. The van der Waals surface area contributed by atoms with Crippen LogP contribution in [0.2, 0.25) is 0 Å². The Hall–Kier alpha value is -1.79. The molecule has 24 heavy (non-hydrogen) atoms. The summed E-state index contributed by atoms with van der Waals surface area (Å²) < 4.78 is 10.3. The fourth-order valence-corrected chi connectivity index (χ4v) is 2.33. The molecule has 0 fully saturated rings. The van der Waals surface area contributed by atoms with Crippen molar-refractivity contribution in [2.45, 2.75) is 12.8 Å². The van der Waals surface area contributed by atoms with Gasteiger partial charge in [-0.1, -0.05) is 12.1 Å². The van der Waals surface area contributed by atoms with Crippen molar-refractivity contribution >= 4 is 5.96 Å². The Balaban J connectivity index is 2.20. The molecule has 1 aromatic rings. The summed E-state index contributed by atoms with van der Waals surface area (Å²) in [5, 5.41) is 6.68. The molecule has 1 aromatic carbocycles. The molecule has 0 amide bonds. The van der Waals surface area contributed by atoms with Gasteiger partial charge in [-0.2, -0.15) is 0 Å². The van der Waals surface area contributed by atoms with Crippen LogP contribution in [0, 0.1) is 0 Å². The van der Waals surface area contributed by atoms with Crippen molar-refractivity contribution in [2.75, 3.05) is 61.1 Å². The average Bonchev–Trinajstić information content (AvgIpc) is 2.60. The van der Waals surface area contributed by atoms with E-state index in [1.807, 2.05) is 12.1 Å². The van der Waals surface area contributed by atoms with Gasteiger partial charge in [0.25, 0.3) is 0 Å². The Labute approximate surface area is 146 Å². The van der Waals surface area contributed by atoms with Crippen LogP contribution in [-0.4, -0.2) is 72.0 Å². The van der Waals surface area contributed by atoms with Gasteiger partial charge in [0.15, 0.2) is 5.96 Å². The molecule has 0 aliphatic carbocycles. The molecule has 0 aromatic heterocycles. The molecule has 0 aliphatic heterocycles. The molecule has 0 heterocycles. The quantitative estimate of drug-likeness (QED) is 0.363. The van der Waals surface area contributed by atoms with Crippen LogP contribution in [-0.2, 0) is 11.2 Å². The molecule has 0 atom stereocenters. The molecule has 0 saturated heterocycles. The van der Waals surface area contributed by atoms with E-state index in [2.05, 4.69) is 39.7 Å². The smallest absolute Gasteiger partial charge is 0.191 e. The first-order valence-electron chi connectivity index (χ1n) is 8.44. The van der Waals surface area contributed by atoms with E-state index in [0.717, 1.165) is 57.3 Å². The van der Waals surface area contributed by atoms with Crippen LogP contribution in [0.5, 0.6) is 5.75 Å². The summed E-state index contributed by atoms with van der Waals surface area (Å²) in [5.41, 5.74) is 1.25. The van der Waals surface area contributed by atoms with Crippen molar-refractivity contribution < 1.29 is 9.47 Å². The standard InChI is InChI=1S/C18H32N4O2/c1-19-18(21-11-13-22(2)12-6-14-23-3)20-10-9-16-7-5-8-17(15-16)24-4/h5,7-8,15H,6,9-14H2,1-4H3,(H2,19,20,21). The third-order valence-corrected chi connectivity index (χ3v) is 3.74. The summed E-state index contributed by atoms with van der Waals surface area (Å²) in [7, 11) is 7.34. The minimum Gasteiger partial charge on any atom is -0.497 e. The number of methoxy groups -OCH3 is 2. The first-order chi connectivity index (χ1) is 11.7. The normalized spacial score (nSPS) is 11.6. The SMILES string of the molecule is CN=C(NCCc1cccc(OC)c1)NCCN(C)CCCOC. The Morgan fingerprint density at radius 2 is 1.96 bits per heavy atom. The van der Waals surface area contributed by atoms with Crippen molar-refractivity contribution in [1.29, 1.82) is 0 Å². The zero-order valence-electron chi connectivity index (χ0n) is 15.5.